The second-order valence-electron chi connectivity index (χ2n) is 8.36. The molecule has 0 aliphatic heterocycles. The third kappa shape index (κ3) is 4.68. The van der Waals surface area contributed by atoms with E-state index in [-0.39, 0.29) is 35.9 Å². The summed E-state index contributed by atoms with van der Waals surface area (Å²) in [5.41, 5.74) is 3.66. The van der Waals surface area contributed by atoms with E-state index in [1.54, 1.807) is 54.6 Å². The van der Waals surface area contributed by atoms with Crippen molar-refractivity contribution in [2.75, 3.05) is 0 Å². The molecule has 0 heterocycles. The Morgan fingerprint density at radius 1 is 0.629 bits per heavy atom. The predicted molar refractivity (Wildman–Crippen MR) is 136 cm³/mol. The Bertz CT molecular complexity index is 1480. The van der Waals surface area contributed by atoms with Crippen LogP contribution in [0.3, 0.4) is 0 Å². The van der Waals surface area contributed by atoms with Gasteiger partial charge in [0, 0.05) is 21.2 Å². The number of rotatable bonds is 6. The van der Waals surface area contributed by atoms with Gasteiger partial charge in [-0.2, -0.15) is 0 Å². The van der Waals surface area contributed by atoms with E-state index in [0.717, 1.165) is 16.7 Å². The lowest BCUT2D eigenvalue weighted by molar-refractivity contribution is 0.0971. The van der Waals surface area contributed by atoms with Crippen LogP contribution in [0.4, 0.5) is 0 Å². The van der Waals surface area contributed by atoms with Gasteiger partial charge in [-0.15, -0.1) is 0 Å². The quantitative estimate of drug-likeness (QED) is 0.245. The highest BCUT2D eigenvalue weighted by molar-refractivity contribution is 6.31. The van der Waals surface area contributed by atoms with Crippen molar-refractivity contribution < 1.29 is 19.1 Å². The molecule has 5 rings (SSSR count). The lowest BCUT2D eigenvalue weighted by atomic mass is 9.82. The van der Waals surface area contributed by atoms with Gasteiger partial charge >= 0.3 is 0 Å². The molecule has 4 aromatic carbocycles. The number of hydrogen-bond acceptors (Lipinski definition) is 4. The Hall–Kier alpha value is -3.60. The van der Waals surface area contributed by atoms with Crippen molar-refractivity contribution >= 4 is 34.8 Å². The molecule has 4 aromatic rings. The van der Waals surface area contributed by atoms with Crippen LogP contribution in [0.25, 0.3) is 0 Å². The third-order valence-electron chi connectivity index (χ3n) is 5.78. The Kier molecular flexibility index (Phi) is 6.33. The Morgan fingerprint density at radius 2 is 1.20 bits per heavy atom. The van der Waals surface area contributed by atoms with Crippen molar-refractivity contribution in [2.45, 2.75) is 20.1 Å². The van der Waals surface area contributed by atoms with E-state index in [4.69, 9.17) is 32.7 Å². The zero-order valence-corrected chi connectivity index (χ0v) is 20.3. The van der Waals surface area contributed by atoms with Crippen molar-refractivity contribution in [1.29, 1.82) is 0 Å². The van der Waals surface area contributed by atoms with E-state index in [0.29, 0.717) is 32.7 Å². The molecule has 4 nitrogen and oxygen atoms in total. The fourth-order valence-corrected chi connectivity index (χ4v) is 4.63. The van der Waals surface area contributed by atoms with Crippen LogP contribution in [0.15, 0.2) is 78.9 Å². The van der Waals surface area contributed by atoms with E-state index >= 15 is 0 Å². The van der Waals surface area contributed by atoms with Gasteiger partial charge in [0.05, 0.1) is 11.1 Å². The van der Waals surface area contributed by atoms with E-state index in [1.165, 1.54) is 0 Å². The standard InChI is InChI=1S/C29H20Cl2O4/c1-17-11-23-27(25(12-17)35-16-19-6-3-8-21(31)14-19)29(33)26-22(28(23)32)9-4-10-24(26)34-15-18-5-2-7-20(30)13-18/h2-14H,15-16H2,1H3. The van der Waals surface area contributed by atoms with E-state index in [1.807, 2.05) is 31.2 Å². The molecule has 6 heteroatoms. The van der Waals surface area contributed by atoms with Gasteiger partial charge in [0.15, 0.2) is 5.78 Å². The second-order valence-corrected chi connectivity index (χ2v) is 9.23. The topological polar surface area (TPSA) is 52.6 Å². The lowest BCUT2D eigenvalue weighted by Gasteiger charge is -2.23. The van der Waals surface area contributed by atoms with Crippen molar-refractivity contribution in [1.82, 2.24) is 0 Å². The zero-order chi connectivity index (χ0) is 24.5. The number of ether oxygens (including phenoxy) is 2. The van der Waals surface area contributed by atoms with Crippen LogP contribution in [0.2, 0.25) is 10.0 Å². The normalized spacial score (nSPS) is 12.2. The molecule has 0 radical (unpaired) electrons. The number of halogens is 2. The number of carbonyl (C=O) groups is 2. The number of aryl methyl sites for hydroxylation is 1. The van der Waals surface area contributed by atoms with Crippen molar-refractivity contribution in [3.05, 3.63) is 128 Å². The van der Waals surface area contributed by atoms with Crippen LogP contribution < -0.4 is 9.47 Å². The van der Waals surface area contributed by atoms with Crippen LogP contribution in [-0.4, -0.2) is 11.6 Å². The minimum absolute atomic E-state index is 0.206. The molecule has 0 saturated carbocycles. The fourth-order valence-electron chi connectivity index (χ4n) is 4.20. The van der Waals surface area contributed by atoms with Crippen LogP contribution in [0.1, 0.15) is 48.5 Å². The smallest absolute Gasteiger partial charge is 0.201 e. The van der Waals surface area contributed by atoms with Gasteiger partial charge in [-0.1, -0.05) is 59.6 Å². The summed E-state index contributed by atoms with van der Waals surface area (Å²) in [6.07, 6.45) is 0. The van der Waals surface area contributed by atoms with Crippen LogP contribution in [0, 0.1) is 6.92 Å². The minimum atomic E-state index is -0.308. The highest BCUT2D eigenvalue weighted by Crippen LogP contribution is 2.38. The molecular weight excluding hydrogens is 483 g/mol. The molecule has 0 fully saturated rings. The predicted octanol–water partition coefficient (Wildman–Crippen LogP) is 7.24. The maximum Gasteiger partial charge on any atom is 0.201 e. The largest absolute Gasteiger partial charge is 0.488 e. The molecule has 0 atom stereocenters. The highest BCUT2D eigenvalue weighted by atomic mass is 35.5. The second kappa shape index (κ2) is 9.57. The molecule has 0 saturated heterocycles. The maximum absolute atomic E-state index is 13.8. The lowest BCUT2D eigenvalue weighted by Crippen LogP contribution is -2.23. The molecule has 1 aliphatic rings. The Morgan fingerprint density at radius 3 is 1.83 bits per heavy atom. The van der Waals surface area contributed by atoms with E-state index < -0.39 is 0 Å². The molecule has 35 heavy (non-hydrogen) atoms. The molecule has 0 bridgehead atoms. The van der Waals surface area contributed by atoms with Gasteiger partial charge in [0.1, 0.15) is 24.7 Å². The van der Waals surface area contributed by atoms with E-state index in [9.17, 15) is 9.59 Å². The van der Waals surface area contributed by atoms with Gasteiger partial charge in [-0.25, -0.2) is 0 Å². The SMILES string of the molecule is Cc1cc(OCc2cccc(Cl)c2)c2c(c1)C(=O)c1cccc(OCc3cccc(Cl)c3)c1C2=O. The molecular formula is C29H20Cl2O4. The summed E-state index contributed by atoms with van der Waals surface area (Å²) < 4.78 is 12.1. The first-order valence-electron chi connectivity index (χ1n) is 11.0. The van der Waals surface area contributed by atoms with Crippen LogP contribution in [0.5, 0.6) is 11.5 Å². The number of hydrogen-bond donors (Lipinski definition) is 0. The molecule has 0 unspecified atom stereocenters. The maximum atomic E-state index is 13.8. The van der Waals surface area contributed by atoms with Gasteiger partial charge in [-0.3, -0.25) is 9.59 Å². The third-order valence-corrected chi connectivity index (χ3v) is 6.25. The average molecular weight is 503 g/mol. The summed E-state index contributed by atoms with van der Waals surface area (Å²) in [4.78, 5) is 27.2. The number of ketones is 2. The van der Waals surface area contributed by atoms with Crippen molar-refractivity contribution in [2.24, 2.45) is 0 Å². The minimum Gasteiger partial charge on any atom is -0.488 e. The number of carbonyl (C=O) groups excluding carboxylic acids is 2. The molecule has 0 spiro atoms. The van der Waals surface area contributed by atoms with Gasteiger partial charge in [0.25, 0.3) is 0 Å². The fraction of sp³-hybridized carbons (Fsp3) is 0.103. The summed E-state index contributed by atoms with van der Waals surface area (Å²) in [6.45, 7) is 2.28. The average Bonchev–Trinajstić information content (AvgIpc) is 2.84. The molecule has 0 aromatic heterocycles. The van der Waals surface area contributed by atoms with Crippen molar-refractivity contribution in [3.63, 3.8) is 0 Å². The zero-order valence-electron chi connectivity index (χ0n) is 18.8. The monoisotopic (exact) mass is 502 g/mol. The first kappa shape index (κ1) is 23.2. The summed E-state index contributed by atoms with van der Waals surface area (Å²) >= 11 is 12.2. The first-order valence-corrected chi connectivity index (χ1v) is 11.8. The van der Waals surface area contributed by atoms with Crippen LogP contribution in [-0.2, 0) is 13.2 Å². The highest BCUT2D eigenvalue weighted by Gasteiger charge is 2.35. The van der Waals surface area contributed by atoms with Gasteiger partial charge in [-0.05, 0) is 66.1 Å². The Balaban J connectivity index is 1.51. The first-order chi connectivity index (χ1) is 16.9. The van der Waals surface area contributed by atoms with Crippen molar-refractivity contribution in [3.8, 4) is 11.5 Å². The summed E-state index contributed by atoms with van der Waals surface area (Å²) in [7, 11) is 0. The number of fused-ring (bicyclic) bond motifs is 2. The summed E-state index contributed by atoms with van der Waals surface area (Å²) in [5.74, 6) is 0.151. The van der Waals surface area contributed by atoms with E-state index in [2.05, 4.69) is 0 Å². The summed E-state index contributed by atoms with van der Waals surface area (Å²) in [5, 5.41) is 1.19. The molecule has 1 aliphatic carbocycles. The molecule has 0 amide bonds. The van der Waals surface area contributed by atoms with Crippen LogP contribution >= 0.6 is 23.2 Å². The van der Waals surface area contributed by atoms with Gasteiger partial charge in [0.2, 0.25) is 5.78 Å². The number of benzene rings is 4. The summed E-state index contributed by atoms with van der Waals surface area (Å²) in [6, 6.07) is 23.2. The van der Waals surface area contributed by atoms with Gasteiger partial charge < -0.3 is 9.47 Å². The Labute approximate surface area is 213 Å². The molecule has 174 valence electrons. The molecule has 0 N–H and O–H groups in total.